The van der Waals surface area contributed by atoms with Crippen molar-refractivity contribution in [1.82, 2.24) is 10.6 Å². The van der Waals surface area contributed by atoms with Crippen molar-refractivity contribution in [2.75, 3.05) is 13.2 Å². The van der Waals surface area contributed by atoms with Gasteiger partial charge in [0.25, 0.3) is 5.91 Å². The van der Waals surface area contributed by atoms with Crippen molar-refractivity contribution in [1.29, 1.82) is 0 Å². The van der Waals surface area contributed by atoms with E-state index in [-0.39, 0.29) is 46.8 Å². The average molecular weight is 507 g/mol. The van der Waals surface area contributed by atoms with Gasteiger partial charge in [-0.15, -0.1) is 0 Å². The van der Waals surface area contributed by atoms with E-state index >= 15 is 0 Å². The summed E-state index contributed by atoms with van der Waals surface area (Å²) in [6.45, 7) is 0.227. The molecule has 0 bridgehead atoms. The molecule has 2 aromatic rings. The van der Waals surface area contributed by atoms with Crippen molar-refractivity contribution in [2.45, 2.75) is 43.7 Å². The van der Waals surface area contributed by atoms with Gasteiger partial charge in [-0.1, -0.05) is 23.2 Å². The predicted molar refractivity (Wildman–Crippen MR) is 126 cm³/mol. The molecule has 34 heavy (non-hydrogen) atoms. The monoisotopic (exact) mass is 506 g/mol. The summed E-state index contributed by atoms with van der Waals surface area (Å²) in [5.74, 6) is 0.330. The summed E-state index contributed by atoms with van der Waals surface area (Å²) < 4.78 is 24.9. The maximum atomic E-state index is 13.5. The summed E-state index contributed by atoms with van der Waals surface area (Å²) >= 11 is 11.7. The number of hydrogen-bond donors (Lipinski definition) is 2. The zero-order valence-electron chi connectivity index (χ0n) is 18.4. The van der Waals surface area contributed by atoms with E-state index in [0.717, 1.165) is 43.1 Å². The molecule has 6 nitrogen and oxygen atoms in total. The lowest BCUT2D eigenvalue weighted by molar-refractivity contribution is -0.127. The fourth-order valence-electron chi connectivity index (χ4n) is 5.16. The summed E-state index contributed by atoms with van der Waals surface area (Å²) in [5, 5.41) is 6.75. The molecule has 2 aliphatic carbocycles. The molecule has 180 valence electrons. The first-order chi connectivity index (χ1) is 16.3. The molecule has 0 saturated heterocycles. The summed E-state index contributed by atoms with van der Waals surface area (Å²) in [5.41, 5.74) is 0.751. The summed E-state index contributed by atoms with van der Waals surface area (Å²) in [6.07, 6.45) is 3.83. The fourth-order valence-corrected chi connectivity index (χ4v) is 5.47. The number of carbonyl (C=O) groups is 2. The highest BCUT2D eigenvalue weighted by Gasteiger charge is 2.62. The molecule has 0 radical (unpaired) electrons. The van der Waals surface area contributed by atoms with Crippen LogP contribution in [0, 0.1) is 17.7 Å². The summed E-state index contributed by atoms with van der Waals surface area (Å²) in [7, 11) is 0. The lowest BCUT2D eigenvalue weighted by Crippen LogP contribution is -2.42. The number of halogens is 3. The second kappa shape index (κ2) is 9.27. The molecular formula is C25H25Cl2FN2O4. The third kappa shape index (κ3) is 4.96. The Kier molecular flexibility index (Phi) is 6.34. The lowest BCUT2D eigenvalue weighted by Gasteiger charge is -2.27. The highest BCUT2D eigenvalue weighted by molar-refractivity contribution is 6.31. The highest BCUT2D eigenvalue weighted by atomic mass is 35.5. The van der Waals surface area contributed by atoms with Crippen molar-refractivity contribution in [3.05, 3.63) is 57.8 Å². The smallest absolute Gasteiger partial charge is 0.258 e. The third-order valence-corrected chi connectivity index (χ3v) is 7.53. The van der Waals surface area contributed by atoms with Crippen LogP contribution in [0.15, 0.2) is 36.4 Å². The van der Waals surface area contributed by atoms with Crippen LogP contribution in [0.3, 0.4) is 0 Å². The number of benzene rings is 2. The van der Waals surface area contributed by atoms with Gasteiger partial charge in [0.15, 0.2) is 6.61 Å². The van der Waals surface area contributed by atoms with Gasteiger partial charge in [-0.25, -0.2) is 4.39 Å². The van der Waals surface area contributed by atoms with Crippen molar-refractivity contribution in [2.24, 2.45) is 11.8 Å². The number of ether oxygens (including phenoxy) is 2. The first-order valence-corrected chi connectivity index (χ1v) is 12.2. The predicted octanol–water partition coefficient (Wildman–Crippen LogP) is 4.31. The minimum atomic E-state index is -0.600. The van der Waals surface area contributed by atoms with E-state index < -0.39 is 5.82 Å². The molecule has 2 aromatic carbocycles. The Hall–Kier alpha value is -2.51. The molecule has 2 saturated carbocycles. The van der Waals surface area contributed by atoms with Gasteiger partial charge in [-0.2, -0.15) is 0 Å². The SMILES string of the molecule is O=C(COc1ccc(Cl)c(F)c1)NC12CC(C(=O)NCC3CCc4cc(Cl)ccc4O3)C[C@H]1C2. The van der Waals surface area contributed by atoms with Crippen LogP contribution < -0.4 is 20.1 Å². The Labute approximate surface area is 207 Å². The molecule has 3 unspecified atom stereocenters. The second-order valence-electron chi connectivity index (χ2n) is 9.38. The van der Waals surface area contributed by atoms with Crippen molar-refractivity contribution in [3.8, 4) is 11.5 Å². The van der Waals surface area contributed by atoms with Crippen molar-refractivity contribution >= 4 is 35.0 Å². The molecule has 2 N–H and O–H groups in total. The van der Waals surface area contributed by atoms with Gasteiger partial charge in [0.1, 0.15) is 23.4 Å². The van der Waals surface area contributed by atoms with E-state index in [4.69, 9.17) is 32.7 Å². The molecule has 1 heterocycles. The summed E-state index contributed by atoms with van der Waals surface area (Å²) in [4.78, 5) is 25.2. The summed E-state index contributed by atoms with van der Waals surface area (Å²) in [6, 6.07) is 9.63. The Balaban J connectivity index is 1.07. The number of rotatable bonds is 7. The molecule has 5 rings (SSSR count). The van der Waals surface area contributed by atoms with Gasteiger partial charge in [-0.05, 0) is 73.9 Å². The van der Waals surface area contributed by atoms with Crippen molar-refractivity contribution < 1.29 is 23.5 Å². The van der Waals surface area contributed by atoms with Crippen LogP contribution in [0.4, 0.5) is 4.39 Å². The van der Waals surface area contributed by atoms with E-state index in [9.17, 15) is 14.0 Å². The first-order valence-electron chi connectivity index (χ1n) is 11.4. The fraction of sp³-hybridized carbons (Fsp3) is 0.440. The largest absolute Gasteiger partial charge is 0.488 e. The van der Waals surface area contributed by atoms with Gasteiger partial charge in [0.05, 0.1) is 11.6 Å². The van der Waals surface area contributed by atoms with E-state index in [2.05, 4.69) is 10.6 Å². The lowest BCUT2D eigenvalue weighted by atomic mass is 10.00. The van der Waals surface area contributed by atoms with Crippen LogP contribution in [0.2, 0.25) is 10.0 Å². The minimum absolute atomic E-state index is 0.000725. The van der Waals surface area contributed by atoms with Crippen LogP contribution in [0.5, 0.6) is 11.5 Å². The zero-order valence-corrected chi connectivity index (χ0v) is 19.9. The molecular weight excluding hydrogens is 482 g/mol. The molecule has 2 fully saturated rings. The molecule has 0 aromatic heterocycles. The molecule has 0 spiro atoms. The topological polar surface area (TPSA) is 76.7 Å². The number of aryl methyl sites for hydroxylation is 1. The number of amides is 2. The van der Waals surface area contributed by atoms with Gasteiger partial charge in [0, 0.05) is 22.5 Å². The number of nitrogens with one attached hydrogen (secondary N) is 2. The van der Waals surface area contributed by atoms with E-state index in [0.29, 0.717) is 23.9 Å². The average Bonchev–Trinajstić information content (AvgIpc) is 3.36. The van der Waals surface area contributed by atoms with Crippen molar-refractivity contribution in [3.63, 3.8) is 0 Å². The van der Waals surface area contributed by atoms with Crippen LogP contribution in [-0.4, -0.2) is 36.6 Å². The van der Waals surface area contributed by atoms with E-state index in [1.807, 2.05) is 12.1 Å². The maximum Gasteiger partial charge on any atom is 0.258 e. The standard InChI is InChI=1S/C25H25Cl2FN2O4/c26-17-2-6-22-14(8-17)1-3-19(34-22)12-29-24(32)15-7-16-11-25(16,10-15)30-23(31)13-33-18-4-5-20(27)21(28)9-18/h2,4-6,8-9,15-16,19H,1,3,7,10-13H2,(H,29,32)(H,30,31)/t15?,16-,19?,25?/m0/s1. The molecule has 3 aliphatic rings. The Morgan fingerprint density at radius 1 is 1.18 bits per heavy atom. The minimum Gasteiger partial charge on any atom is -0.488 e. The van der Waals surface area contributed by atoms with Gasteiger partial charge < -0.3 is 20.1 Å². The second-order valence-corrected chi connectivity index (χ2v) is 10.2. The number of carbonyl (C=O) groups excluding carboxylic acids is 2. The number of fused-ring (bicyclic) bond motifs is 2. The van der Waals surface area contributed by atoms with E-state index in [1.54, 1.807) is 6.07 Å². The first kappa shape index (κ1) is 23.2. The van der Waals surface area contributed by atoms with Gasteiger partial charge in [0.2, 0.25) is 5.91 Å². The zero-order chi connectivity index (χ0) is 23.9. The Morgan fingerprint density at radius 3 is 2.85 bits per heavy atom. The van der Waals surface area contributed by atoms with Crippen LogP contribution in [-0.2, 0) is 16.0 Å². The molecule has 1 aliphatic heterocycles. The normalized spacial score (nSPS) is 26.6. The molecule has 2 amide bonds. The van der Waals surface area contributed by atoms with Crippen LogP contribution in [0.25, 0.3) is 0 Å². The highest BCUT2D eigenvalue weighted by Crippen LogP contribution is 2.58. The van der Waals surface area contributed by atoms with Gasteiger partial charge >= 0.3 is 0 Å². The van der Waals surface area contributed by atoms with Gasteiger partial charge in [-0.3, -0.25) is 9.59 Å². The Bertz CT molecular complexity index is 1130. The van der Waals surface area contributed by atoms with Crippen LogP contribution in [0.1, 0.15) is 31.2 Å². The van der Waals surface area contributed by atoms with E-state index in [1.165, 1.54) is 12.1 Å². The Morgan fingerprint density at radius 2 is 2.03 bits per heavy atom. The molecule has 9 heteroatoms. The number of hydrogen-bond acceptors (Lipinski definition) is 4. The third-order valence-electron chi connectivity index (χ3n) is 6.99. The van der Waals surface area contributed by atoms with Crippen LogP contribution >= 0.6 is 23.2 Å². The molecule has 4 atom stereocenters. The maximum absolute atomic E-state index is 13.5. The quantitative estimate of drug-likeness (QED) is 0.586.